The molecule has 0 fully saturated rings. The van der Waals surface area contributed by atoms with Crippen molar-refractivity contribution in [1.29, 1.82) is 0 Å². The van der Waals surface area contributed by atoms with Gasteiger partial charge in [0.05, 0.1) is 0 Å². The van der Waals surface area contributed by atoms with E-state index in [9.17, 15) is 0 Å². The Balaban J connectivity index is 2.59. The number of hydrogen-bond acceptors (Lipinski definition) is 1. The summed E-state index contributed by atoms with van der Waals surface area (Å²) >= 11 is 3.48. The van der Waals surface area contributed by atoms with Crippen molar-refractivity contribution >= 4 is 15.9 Å². The topological polar surface area (TPSA) is 12.9 Å². The minimum Gasteiger partial charge on any atom is -0.263 e. The number of hydrogen-bond donors (Lipinski definition) is 0. The molecule has 0 radical (unpaired) electrons. The van der Waals surface area contributed by atoms with Gasteiger partial charge in [0, 0.05) is 16.9 Å². The minimum absolute atomic E-state index is 1.18. The van der Waals surface area contributed by atoms with E-state index >= 15 is 0 Å². The van der Waals surface area contributed by atoms with Gasteiger partial charge in [-0.3, -0.25) is 4.98 Å². The third-order valence-electron chi connectivity index (χ3n) is 1.97. The lowest BCUT2D eigenvalue weighted by Gasteiger charge is -1.98. The van der Waals surface area contributed by atoms with Gasteiger partial charge in [-0.15, -0.1) is 0 Å². The zero-order chi connectivity index (χ0) is 6.97. The second-order valence-electron chi connectivity index (χ2n) is 2.61. The highest BCUT2D eigenvalue weighted by Gasteiger charge is 2.12. The van der Waals surface area contributed by atoms with E-state index < -0.39 is 0 Å². The van der Waals surface area contributed by atoms with E-state index in [0.717, 1.165) is 0 Å². The van der Waals surface area contributed by atoms with Crippen LogP contribution in [0.5, 0.6) is 0 Å². The molecule has 10 heavy (non-hydrogen) atoms. The van der Waals surface area contributed by atoms with E-state index in [1.165, 1.54) is 34.9 Å². The van der Waals surface area contributed by atoms with Crippen LogP contribution in [0.2, 0.25) is 0 Å². The van der Waals surface area contributed by atoms with Crippen molar-refractivity contribution in [2.75, 3.05) is 0 Å². The molecular weight excluding hydrogens is 190 g/mol. The first kappa shape index (κ1) is 6.35. The number of fused-ring (bicyclic) bond motifs is 1. The fourth-order valence-electron chi connectivity index (χ4n) is 1.45. The Morgan fingerprint density at radius 3 is 3.00 bits per heavy atom. The van der Waals surface area contributed by atoms with E-state index in [0.29, 0.717) is 0 Å². The predicted molar refractivity (Wildman–Crippen MR) is 44.0 cm³/mol. The molecule has 1 heterocycles. The van der Waals surface area contributed by atoms with Gasteiger partial charge in [-0.25, -0.2) is 0 Å². The summed E-state index contributed by atoms with van der Waals surface area (Å²) in [6, 6.07) is 0. The summed E-state index contributed by atoms with van der Waals surface area (Å²) in [6.07, 6.45) is 7.58. The zero-order valence-corrected chi connectivity index (χ0v) is 7.19. The molecule has 0 atom stereocenters. The molecule has 52 valence electrons. The van der Waals surface area contributed by atoms with Gasteiger partial charge in [-0.05, 0) is 46.3 Å². The largest absolute Gasteiger partial charge is 0.263 e. The number of aryl methyl sites for hydroxylation is 1. The van der Waals surface area contributed by atoms with Gasteiger partial charge in [0.2, 0.25) is 0 Å². The molecule has 0 aromatic carbocycles. The van der Waals surface area contributed by atoms with Crippen molar-refractivity contribution in [1.82, 2.24) is 4.98 Å². The monoisotopic (exact) mass is 197 g/mol. The quantitative estimate of drug-likeness (QED) is 0.623. The summed E-state index contributed by atoms with van der Waals surface area (Å²) in [5.41, 5.74) is 2.89. The molecule has 0 aliphatic heterocycles. The third-order valence-corrected chi connectivity index (χ3v) is 2.65. The molecule has 0 unspecified atom stereocenters. The summed E-state index contributed by atoms with van der Waals surface area (Å²) in [6.45, 7) is 0. The van der Waals surface area contributed by atoms with E-state index in [2.05, 4.69) is 20.9 Å². The summed E-state index contributed by atoms with van der Waals surface area (Å²) < 4.78 is 1.18. The molecule has 2 rings (SSSR count). The normalized spacial score (nSPS) is 15.3. The molecule has 0 saturated heterocycles. The first-order chi connectivity index (χ1) is 4.88. The summed E-state index contributed by atoms with van der Waals surface area (Å²) in [5.74, 6) is 0. The predicted octanol–water partition coefficient (Wildman–Crippen LogP) is 2.33. The van der Waals surface area contributed by atoms with Gasteiger partial charge < -0.3 is 0 Å². The van der Waals surface area contributed by atoms with Gasteiger partial charge >= 0.3 is 0 Å². The van der Waals surface area contributed by atoms with Crippen LogP contribution in [0.1, 0.15) is 17.5 Å². The Labute approximate surface area is 68.6 Å². The summed E-state index contributed by atoms with van der Waals surface area (Å²) in [4.78, 5) is 4.11. The summed E-state index contributed by atoms with van der Waals surface area (Å²) in [5, 5.41) is 0. The van der Waals surface area contributed by atoms with Gasteiger partial charge in [-0.2, -0.15) is 0 Å². The maximum atomic E-state index is 4.11. The molecule has 1 aliphatic rings. The maximum Gasteiger partial charge on any atom is 0.0413 e. The van der Waals surface area contributed by atoms with Crippen LogP contribution in [-0.2, 0) is 12.8 Å². The Hall–Kier alpha value is -0.370. The average Bonchev–Trinajstić information content (AvgIpc) is 2.36. The third kappa shape index (κ3) is 0.870. The first-order valence-electron chi connectivity index (χ1n) is 3.49. The number of halogens is 1. The average molecular weight is 198 g/mol. The highest BCUT2D eigenvalue weighted by molar-refractivity contribution is 9.10. The van der Waals surface area contributed by atoms with E-state index in [1.54, 1.807) is 0 Å². The molecule has 0 N–H and O–H groups in total. The smallest absolute Gasteiger partial charge is 0.0413 e. The molecule has 2 heteroatoms. The fraction of sp³-hybridized carbons (Fsp3) is 0.375. The van der Waals surface area contributed by atoms with Crippen molar-refractivity contribution in [2.45, 2.75) is 19.3 Å². The molecule has 1 aromatic rings. The molecule has 1 aromatic heterocycles. The molecule has 0 bridgehead atoms. The van der Waals surface area contributed by atoms with E-state index in [4.69, 9.17) is 0 Å². The maximum absolute atomic E-state index is 4.11. The highest BCUT2D eigenvalue weighted by atomic mass is 79.9. The Bertz CT molecular complexity index is 257. The SMILES string of the molecule is Brc1cncc2c1CCC2. The van der Waals surface area contributed by atoms with Crippen LogP contribution in [0.4, 0.5) is 0 Å². The number of nitrogens with zero attached hydrogens (tertiary/aromatic N) is 1. The zero-order valence-electron chi connectivity index (χ0n) is 5.60. The molecule has 0 spiro atoms. The molecule has 0 amide bonds. The lowest BCUT2D eigenvalue weighted by Crippen LogP contribution is -1.84. The van der Waals surface area contributed by atoms with Crippen molar-refractivity contribution in [3.8, 4) is 0 Å². The first-order valence-corrected chi connectivity index (χ1v) is 4.28. The Morgan fingerprint density at radius 1 is 1.30 bits per heavy atom. The summed E-state index contributed by atoms with van der Waals surface area (Å²) in [7, 11) is 0. The second kappa shape index (κ2) is 2.35. The minimum atomic E-state index is 1.18. The van der Waals surface area contributed by atoms with Gasteiger partial charge in [-0.1, -0.05) is 0 Å². The van der Waals surface area contributed by atoms with Crippen molar-refractivity contribution < 1.29 is 0 Å². The van der Waals surface area contributed by atoms with E-state index in [1.807, 2.05) is 12.4 Å². The van der Waals surface area contributed by atoms with Crippen LogP contribution in [0, 0.1) is 0 Å². The second-order valence-corrected chi connectivity index (χ2v) is 3.47. The Morgan fingerprint density at radius 2 is 2.20 bits per heavy atom. The van der Waals surface area contributed by atoms with Crippen LogP contribution in [0.15, 0.2) is 16.9 Å². The van der Waals surface area contributed by atoms with Gasteiger partial charge in [0.15, 0.2) is 0 Å². The van der Waals surface area contributed by atoms with Crippen molar-refractivity contribution in [3.05, 3.63) is 28.0 Å². The molecule has 1 nitrogen and oxygen atoms in total. The van der Waals surface area contributed by atoms with Crippen LogP contribution in [0.25, 0.3) is 0 Å². The van der Waals surface area contributed by atoms with Gasteiger partial charge in [0.1, 0.15) is 0 Å². The van der Waals surface area contributed by atoms with Crippen LogP contribution in [-0.4, -0.2) is 4.98 Å². The molecule has 0 saturated carbocycles. The lowest BCUT2D eigenvalue weighted by atomic mass is 10.2. The van der Waals surface area contributed by atoms with Crippen LogP contribution >= 0.6 is 15.9 Å². The fourth-order valence-corrected chi connectivity index (χ4v) is 2.02. The van der Waals surface area contributed by atoms with Crippen LogP contribution in [0.3, 0.4) is 0 Å². The molecular formula is C8H8BrN. The Kier molecular flexibility index (Phi) is 1.49. The number of pyridine rings is 1. The number of rotatable bonds is 0. The number of aromatic nitrogens is 1. The molecule has 1 aliphatic carbocycles. The van der Waals surface area contributed by atoms with Gasteiger partial charge in [0.25, 0.3) is 0 Å². The lowest BCUT2D eigenvalue weighted by molar-refractivity contribution is 0.910. The highest BCUT2D eigenvalue weighted by Crippen LogP contribution is 2.27. The van der Waals surface area contributed by atoms with Crippen molar-refractivity contribution in [2.24, 2.45) is 0 Å². The standard InChI is InChI=1S/C8H8BrN/c9-8-5-10-4-6-2-1-3-7(6)8/h4-5H,1-3H2. The van der Waals surface area contributed by atoms with E-state index in [-0.39, 0.29) is 0 Å². The van der Waals surface area contributed by atoms with Crippen molar-refractivity contribution in [3.63, 3.8) is 0 Å². The van der Waals surface area contributed by atoms with Crippen LogP contribution < -0.4 is 0 Å².